The number of nitrogen functional groups attached to an aromatic ring is 1. The van der Waals surface area contributed by atoms with Crippen LogP contribution in [0.5, 0.6) is 5.75 Å². The van der Waals surface area contributed by atoms with E-state index in [-0.39, 0.29) is 17.4 Å². The van der Waals surface area contributed by atoms with Crippen LogP contribution in [0.15, 0.2) is 40.1 Å². The molecule has 108 valence electrons. The van der Waals surface area contributed by atoms with E-state index >= 15 is 0 Å². The number of benzene rings is 2. The molecule has 1 aliphatic rings. The maximum Gasteiger partial charge on any atom is 0.262 e. The summed E-state index contributed by atoms with van der Waals surface area (Å²) in [5, 5.41) is 2.65. The maximum absolute atomic E-state index is 13.7. The predicted octanol–water partition coefficient (Wildman–Crippen LogP) is 3.03. The molecule has 0 fully saturated rings. The van der Waals surface area contributed by atoms with Crippen molar-refractivity contribution in [3.63, 3.8) is 0 Å². The van der Waals surface area contributed by atoms with Crippen LogP contribution >= 0.6 is 11.8 Å². The summed E-state index contributed by atoms with van der Waals surface area (Å²) in [6.45, 7) is -0.0640. The normalized spacial score (nSPS) is 13.3. The molecule has 1 amide bonds. The molecular weight excluding hydrogens is 298 g/mol. The number of rotatable bonds is 2. The lowest BCUT2D eigenvalue weighted by atomic mass is 10.2. The monoisotopic (exact) mass is 308 g/mol. The molecule has 0 aromatic heterocycles. The van der Waals surface area contributed by atoms with E-state index in [2.05, 4.69) is 5.32 Å². The molecule has 0 atom stereocenters. The third-order valence-electron chi connectivity index (χ3n) is 2.86. The summed E-state index contributed by atoms with van der Waals surface area (Å²) < 4.78 is 31.8. The molecule has 0 saturated carbocycles. The van der Waals surface area contributed by atoms with Gasteiger partial charge in [0.1, 0.15) is 17.4 Å². The average molecular weight is 308 g/mol. The third-order valence-corrected chi connectivity index (χ3v) is 3.98. The lowest BCUT2D eigenvalue weighted by molar-refractivity contribution is -0.118. The number of hydrogen-bond donors (Lipinski definition) is 2. The Bertz CT molecular complexity index is 737. The Morgan fingerprint density at radius 1 is 1.19 bits per heavy atom. The second-order valence-electron chi connectivity index (χ2n) is 4.40. The summed E-state index contributed by atoms with van der Waals surface area (Å²) in [6, 6.07) is 6.49. The minimum atomic E-state index is -0.669. The lowest BCUT2D eigenvalue weighted by Gasteiger charge is -2.19. The van der Waals surface area contributed by atoms with E-state index < -0.39 is 11.6 Å². The molecule has 0 bridgehead atoms. The first-order valence-corrected chi connectivity index (χ1v) is 6.83. The Hall–Kier alpha value is -2.28. The van der Waals surface area contributed by atoms with Crippen LogP contribution in [0.1, 0.15) is 0 Å². The molecule has 0 aliphatic carbocycles. The molecule has 21 heavy (non-hydrogen) atoms. The van der Waals surface area contributed by atoms with Crippen LogP contribution in [0.4, 0.5) is 20.2 Å². The Morgan fingerprint density at radius 2 is 2.00 bits per heavy atom. The summed E-state index contributed by atoms with van der Waals surface area (Å²) in [7, 11) is 0. The van der Waals surface area contributed by atoms with Gasteiger partial charge in [0.2, 0.25) is 0 Å². The van der Waals surface area contributed by atoms with Crippen molar-refractivity contribution in [2.45, 2.75) is 9.79 Å². The van der Waals surface area contributed by atoms with Crippen LogP contribution < -0.4 is 15.8 Å². The van der Waals surface area contributed by atoms with Gasteiger partial charge in [0.25, 0.3) is 5.91 Å². The van der Waals surface area contributed by atoms with Crippen molar-refractivity contribution in [2.24, 2.45) is 0 Å². The number of halogens is 2. The topological polar surface area (TPSA) is 64.3 Å². The highest BCUT2D eigenvalue weighted by molar-refractivity contribution is 7.99. The second kappa shape index (κ2) is 5.25. The molecule has 2 aromatic carbocycles. The Morgan fingerprint density at radius 3 is 2.76 bits per heavy atom. The molecule has 4 nitrogen and oxygen atoms in total. The fraction of sp³-hybridized carbons (Fsp3) is 0.0714. The van der Waals surface area contributed by atoms with Gasteiger partial charge in [-0.1, -0.05) is 11.8 Å². The van der Waals surface area contributed by atoms with E-state index in [1.165, 1.54) is 12.1 Å². The number of carbonyl (C=O) groups excluding carboxylic acids is 1. The van der Waals surface area contributed by atoms with E-state index in [9.17, 15) is 13.6 Å². The number of amides is 1. The molecule has 0 spiro atoms. The van der Waals surface area contributed by atoms with E-state index in [1.807, 2.05) is 0 Å². The maximum atomic E-state index is 13.7. The van der Waals surface area contributed by atoms with Crippen molar-refractivity contribution in [2.75, 3.05) is 17.7 Å². The smallest absolute Gasteiger partial charge is 0.262 e. The molecule has 7 heteroatoms. The van der Waals surface area contributed by atoms with Crippen LogP contribution in [0.25, 0.3) is 0 Å². The molecule has 3 rings (SSSR count). The summed E-state index contributed by atoms with van der Waals surface area (Å²) in [5.41, 5.74) is 6.76. The minimum Gasteiger partial charge on any atom is -0.482 e. The fourth-order valence-corrected chi connectivity index (χ4v) is 2.77. The largest absolute Gasteiger partial charge is 0.482 e. The summed E-state index contributed by atoms with van der Waals surface area (Å²) in [4.78, 5) is 12.1. The van der Waals surface area contributed by atoms with Crippen LogP contribution in [0.2, 0.25) is 0 Å². The number of nitrogens with one attached hydrogen (secondary N) is 1. The van der Waals surface area contributed by atoms with Crippen molar-refractivity contribution >= 4 is 29.0 Å². The zero-order valence-electron chi connectivity index (χ0n) is 10.7. The summed E-state index contributed by atoms with van der Waals surface area (Å²) in [5.74, 6) is -1.11. The van der Waals surface area contributed by atoms with Gasteiger partial charge in [-0.05, 0) is 18.2 Å². The van der Waals surface area contributed by atoms with Gasteiger partial charge in [0, 0.05) is 27.6 Å². The molecular formula is C14H10F2N2O2S. The quantitative estimate of drug-likeness (QED) is 0.837. The van der Waals surface area contributed by atoms with Crippen LogP contribution in [-0.2, 0) is 4.79 Å². The SMILES string of the molecule is Nc1cc2c(cc1Sc1ccc(F)cc1F)NC(=O)CO2. The van der Waals surface area contributed by atoms with Gasteiger partial charge < -0.3 is 15.8 Å². The third kappa shape index (κ3) is 2.78. The zero-order valence-corrected chi connectivity index (χ0v) is 11.5. The van der Waals surface area contributed by atoms with Crippen LogP contribution in [0.3, 0.4) is 0 Å². The van der Waals surface area contributed by atoms with Gasteiger partial charge in [0.15, 0.2) is 6.61 Å². The van der Waals surface area contributed by atoms with Gasteiger partial charge in [-0.25, -0.2) is 8.78 Å². The fourth-order valence-electron chi connectivity index (χ4n) is 1.89. The van der Waals surface area contributed by atoms with Gasteiger partial charge in [0.05, 0.1) is 5.69 Å². The number of ether oxygens (including phenoxy) is 1. The highest BCUT2D eigenvalue weighted by Gasteiger charge is 2.19. The number of fused-ring (bicyclic) bond motifs is 1. The number of nitrogens with two attached hydrogens (primary N) is 1. The molecule has 1 aliphatic heterocycles. The first-order valence-electron chi connectivity index (χ1n) is 6.02. The van der Waals surface area contributed by atoms with Crippen molar-refractivity contribution in [1.82, 2.24) is 0 Å². The molecule has 1 heterocycles. The van der Waals surface area contributed by atoms with E-state index in [0.717, 1.165) is 17.8 Å². The Balaban J connectivity index is 1.95. The van der Waals surface area contributed by atoms with Gasteiger partial charge in [-0.15, -0.1) is 0 Å². The van der Waals surface area contributed by atoms with Crippen molar-refractivity contribution in [3.05, 3.63) is 42.0 Å². The van der Waals surface area contributed by atoms with E-state index in [0.29, 0.717) is 22.0 Å². The highest BCUT2D eigenvalue weighted by atomic mass is 32.2. The van der Waals surface area contributed by atoms with Crippen LogP contribution in [-0.4, -0.2) is 12.5 Å². The van der Waals surface area contributed by atoms with Crippen molar-refractivity contribution in [3.8, 4) is 5.75 Å². The van der Waals surface area contributed by atoms with Crippen molar-refractivity contribution in [1.29, 1.82) is 0 Å². The number of carbonyl (C=O) groups is 1. The zero-order chi connectivity index (χ0) is 15.0. The van der Waals surface area contributed by atoms with Gasteiger partial charge >= 0.3 is 0 Å². The lowest BCUT2D eigenvalue weighted by Crippen LogP contribution is -2.25. The molecule has 0 unspecified atom stereocenters. The van der Waals surface area contributed by atoms with Crippen molar-refractivity contribution < 1.29 is 18.3 Å². The molecule has 2 aromatic rings. The predicted molar refractivity (Wildman–Crippen MR) is 75.5 cm³/mol. The standard InChI is InChI=1S/C14H10F2N2O2S/c15-7-1-2-12(8(16)3-7)21-13-5-10-11(4-9(13)17)20-6-14(19)18-10/h1-5H,6,17H2,(H,18,19). The Labute approximate surface area is 123 Å². The minimum absolute atomic E-state index is 0.0640. The van der Waals surface area contributed by atoms with Gasteiger partial charge in [-0.2, -0.15) is 0 Å². The van der Waals surface area contributed by atoms with E-state index in [1.54, 1.807) is 12.1 Å². The highest BCUT2D eigenvalue weighted by Crippen LogP contribution is 2.40. The Kier molecular flexibility index (Phi) is 3.42. The summed E-state index contributed by atoms with van der Waals surface area (Å²) >= 11 is 1.05. The van der Waals surface area contributed by atoms with Crippen LogP contribution in [0, 0.1) is 11.6 Å². The van der Waals surface area contributed by atoms with Gasteiger partial charge in [-0.3, -0.25) is 4.79 Å². The second-order valence-corrected chi connectivity index (χ2v) is 5.48. The first-order chi connectivity index (χ1) is 10.0. The number of anilines is 2. The molecule has 0 saturated heterocycles. The molecule has 3 N–H and O–H groups in total. The number of hydrogen-bond acceptors (Lipinski definition) is 4. The average Bonchev–Trinajstić information content (AvgIpc) is 2.43. The summed E-state index contributed by atoms with van der Waals surface area (Å²) in [6.07, 6.45) is 0. The molecule has 0 radical (unpaired) electrons. The first kappa shape index (κ1) is 13.7. The van der Waals surface area contributed by atoms with E-state index in [4.69, 9.17) is 10.5 Å².